The molecule has 0 unspecified atom stereocenters. The van der Waals surface area contributed by atoms with Gasteiger partial charge in [0.15, 0.2) is 19.2 Å². The van der Waals surface area contributed by atoms with Crippen LogP contribution in [0.3, 0.4) is 0 Å². The topological polar surface area (TPSA) is 82.3 Å². The van der Waals surface area contributed by atoms with Crippen LogP contribution in [-0.4, -0.2) is 48.4 Å². The zero-order chi connectivity index (χ0) is 41.3. The third kappa shape index (κ3) is 8.78. The van der Waals surface area contributed by atoms with Gasteiger partial charge in [0, 0.05) is 17.8 Å². The SMILES string of the molecule is CC(C)(C)c1nnc(-n2c3[c-]c(B(c4[c-]c(-c5ccccn5)ccc4)c4ccccc4)ccc3c3ccc(B(c4[c-]c(-c5ccccn5)ccc4)c4ccccc4)[c-]c32)nn1.[Pt+2].[Pt+2]. The van der Waals surface area contributed by atoms with Crippen LogP contribution >= 0.6 is 0 Å². The first kappa shape index (κ1) is 43.5. The Morgan fingerprint density at radius 3 is 1.27 bits per heavy atom. The van der Waals surface area contributed by atoms with Gasteiger partial charge in [-0.05, 0) is 23.5 Å². The van der Waals surface area contributed by atoms with Crippen LogP contribution in [0, 0.1) is 24.3 Å². The van der Waals surface area contributed by atoms with Gasteiger partial charge in [0.1, 0.15) is 0 Å². The van der Waals surface area contributed by atoms with Crippen molar-refractivity contribution in [1.29, 1.82) is 0 Å². The van der Waals surface area contributed by atoms with Crippen LogP contribution in [0.2, 0.25) is 0 Å². The number of benzene rings is 6. The second kappa shape index (κ2) is 18.7. The van der Waals surface area contributed by atoms with Gasteiger partial charge in [0.05, 0.1) is 0 Å². The first-order chi connectivity index (χ1) is 29.9. The summed E-state index contributed by atoms with van der Waals surface area (Å²) in [5, 5.41) is 20.7. The van der Waals surface area contributed by atoms with Crippen LogP contribution in [-0.2, 0) is 47.5 Å². The smallest absolute Gasteiger partial charge is 0.326 e. The molecule has 10 rings (SSSR count). The van der Waals surface area contributed by atoms with Crippen molar-refractivity contribution >= 4 is 68.0 Å². The molecule has 7 nitrogen and oxygen atoms in total. The summed E-state index contributed by atoms with van der Waals surface area (Å²) in [7, 11) is 0. The average molecular weight is 1170 g/mol. The first-order valence-electron chi connectivity index (χ1n) is 20.4. The molecule has 6 aromatic carbocycles. The predicted octanol–water partition coefficient (Wildman–Crippen LogP) is 6.01. The van der Waals surface area contributed by atoms with Gasteiger partial charge < -0.3 is 14.5 Å². The molecule has 0 saturated heterocycles. The summed E-state index contributed by atoms with van der Waals surface area (Å²) in [6.45, 7) is 5.78. The Morgan fingerprint density at radius 1 is 0.429 bits per heavy atom. The van der Waals surface area contributed by atoms with Gasteiger partial charge in [0.25, 0.3) is 5.95 Å². The van der Waals surface area contributed by atoms with Crippen molar-refractivity contribution < 1.29 is 42.1 Å². The van der Waals surface area contributed by atoms with Crippen molar-refractivity contribution in [1.82, 2.24) is 34.9 Å². The number of aromatic nitrogens is 7. The standard InChI is InChI=1S/C52H37B2N7.2Pt/c1-52(2,3)50-57-59-51(60-58-50)61-48-34-42(53(38-18-6-4-7-19-38)40-22-14-16-36(32-40)46-24-10-12-30-55-46)26-28-44(48)45-29-27-43(35-49(45)61)54(39-20-8-5-9-21-39)41-23-15-17-37(33-41)47-25-11-13-31-56-47;;/h4-31H,1-3H3;;/q-4;2*+2. The summed E-state index contributed by atoms with van der Waals surface area (Å²) in [5.74, 6) is 0.904. The Bertz CT molecular complexity index is 2950. The molecule has 4 heterocycles. The molecule has 4 aromatic heterocycles. The third-order valence-corrected chi connectivity index (χ3v) is 11.0. The molecule has 0 bridgehead atoms. The first-order valence-corrected chi connectivity index (χ1v) is 20.4. The number of hydrogen-bond donors (Lipinski definition) is 0. The van der Waals surface area contributed by atoms with E-state index >= 15 is 0 Å². The Morgan fingerprint density at radius 2 is 0.857 bits per heavy atom. The summed E-state index contributed by atoms with van der Waals surface area (Å²) < 4.78 is 2.01. The third-order valence-electron chi connectivity index (χ3n) is 11.0. The van der Waals surface area contributed by atoms with Crippen molar-refractivity contribution in [2.24, 2.45) is 0 Å². The molecule has 0 spiro atoms. The van der Waals surface area contributed by atoms with E-state index in [2.05, 4.69) is 174 Å². The molecule has 0 fully saturated rings. The normalized spacial score (nSPS) is 11.2. The largest absolute Gasteiger partial charge is 2.00 e. The molecule has 63 heavy (non-hydrogen) atoms. The van der Waals surface area contributed by atoms with Crippen LogP contribution in [0.25, 0.3) is 50.3 Å². The maximum Gasteiger partial charge on any atom is 2.00 e. The van der Waals surface area contributed by atoms with E-state index in [0.717, 1.165) is 77.1 Å². The van der Waals surface area contributed by atoms with Gasteiger partial charge in [-0.3, -0.25) is 0 Å². The zero-order valence-electron chi connectivity index (χ0n) is 34.6. The molecule has 0 atom stereocenters. The average Bonchev–Trinajstić information content (AvgIpc) is 3.63. The maximum atomic E-state index is 4.73. The minimum Gasteiger partial charge on any atom is -0.326 e. The fourth-order valence-electron chi connectivity index (χ4n) is 8.04. The van der Waals surface area contributed by atoms with Crippen molar-refractivity contribution in [3.8, 4) is 28.5 Å². The monoisotopic (exact) mass is 1170 g/mol. The van der Waals surface area contributed by atoms with Gasteiger partial charge in [-0.1, -0.05) is 128 Å². The summed E-state index contributed by atoms with van der Waals surface area (Å²) in [4.78, 5) is 9.25. The number of fused-ring (bicyclic) bond motifs is 3. The minimum absolute atomic E-state index is 0. The zero-order valence-corrected chi connectivity index (χ0v) is 39.1. The molecule has 0 saturated carbocycles. The van der Waals surface area contributed by atoms with Crippen LogP contribution in [0.5, 0.6) is 0 Å². The second-order valence-electron chi connectivity index (χ2n) is 16.1. The fraction of sp³-hybridized carbons (Fsp3) is 0.0769. The molecule has 0 aliphatic rings. The molecule has 306 valence electrons. The van der Waals surface area contributed by atoms with E-state index in [1.807, 2.05) is 65.5 Å². The van der Waals surface area contributed by atoms with E-state index < -0.39 is 0 Å². The second-order valence-corrected chi connectivity index (χ2v) is 16.1. The molecule has 0 radical (unpaired) electrons. The van der Waals surface area contributed by atoms with Gasteiger partial charge >= 0.3 is 42.1 Å². The Kier molecular flexibility index (Phi) is 12.9. The van der Waals surface area contributed by atoms with E-state index in [0.29, 0.717) is 11.8 Å². The fourth-order valence-corrected chi connectivity index (χ4v) is 8.04. The van der Waals surface area contributed by atoms with Crippen LogP contribution in [0.15, 0.2) is 170 Å². The molecule has 0 aliphatic heterocycles. The molecular formula is C52H37B2N7Pt2. The van der Waals surface area contributed by atoms with Gasteiger partial charge in [0.2, 0.25) is 0 Å². The molecular weight excluding hydrogens is 1130 g/mol. The Labute approximate surface area is 397 Å². The Balaban J connectivity index is 0.00000272. The van der Waals surface area contributed by atoms with Crippen LogP contribution in [0.1, 0.15) is 26.6 Å². The number of pyridine rings is 2. The van der Waals surface area contributed by atoms with E-state index in [4.69, 9.17) is 10.2 Å². The maximum absolute atomic E-state index is 4.73. The number of hydrogen-bond acceptors (Lipinski definition) is 6. The number of rotatable bonds is 9. The quantitative estimate of drug-likeness (QED) is 0.130. The Hall–Kier alpha value is -6.13. The van der Waals surface area contributed by atoms with E-state index in [9.17, 15) is 0 Å². The summed E-state index contributed by atoms with van der Waals surface area (Å²) in [5.41, 5.74) is 11.0. The number of nitrogens with zero attached hydrogens (tertiary/aromatic N) is 7. The van der Waals surface area contributed by atoms with Crippen molar-refractivity contribution in [3.05, 3.63) is 200 Å². The van der Waals surface area contributed by atoms with E-state index in [1.165, 1.54) is 0 Å². The predicted molar refractivity (Wildman–Crippen MR) is 248 cm³/mol. The van der Waals surface area contributed by atoms with Gasteiger partial charge in [-0.15, -0.1) is 80.1 Å². The van der Waals surface area contributed by atoms with Crippen molar-refractivity contribution in [2.75, 3.05) is 0 Å². The minimum atomic E-state index is -0.329. The van der Waals surface area contributed by atoms with E-state index in [-0.39, 0.29) is 61.0 Å². The van der Waals surface area contributed by atoms with Crippen molar-refractivity contribution in [2.45, 2.75) is 26.2 Å². The molecule has 0 N–H and O–H groups in total. The molecule has 10 aromatic rings. The molecule has 0 amide bonds. The van der Waals surface area contributed by atoms with Crippen LogP contribution < -0.4 is 32.8 Å². The van der Waals surface area contributed by atoms with Crippen LogP contribution in [0.4, 0.5) is 0 Å². The summed E-state index contributed by atoms with van der Waals surface area (Å²) in [6, 6.07) is 69.3. The van der Waals surface area contributed by atoms with Gasteiger partial charge in [-0.2, -0.15) is 69.0 Å². The molecule has 11 heteroatoms. The van der Waals surface area contributed by atoms with E-state index in [1.54, 1.807) is 0 Å². The summed E-state index contributed by atoms with van der Waals surface area (Å²) >= 11 is 0. The summed E-state index contributed by atoms with van der Waals surface area (Å²) in [6.07, 6.45) is 3.62. The van der Waals surface area contributed by atoms with Gasteiger partial charge in [-0.25, -0.2) is 0 Å². The molecule has 0 aliphatic carbocycles. The van der Waals surface area contributed by atoms with Crippen molar-refractivity contribution in [3.63, 3.8) is 0 Å².